The summed E-state index contributed by atoms with van der Waals surface area (Å²) in [4.78, 5) is 17.7. The molecule has 0 aliphatic heterocycles. The quantitative estimate of drug-likeness (QED) is 0.601. The van der Waals surface area contributed by atoms with Gasteiger partial charge in [-0.05, 0) is 24.3 Å². The van der Waals surface area contributed by atoms with Gasteiger partial charge in [0.25, 0.3) is 0 Å². The molecule has 0 amide bonds. The number of rotatable bonds is 3. The van der Waals surface area contributed by atoms with Crippen LogP contribution in [0.5, 0.6) is 0 Å². The highest BCUT2D eigenvalue weighted by Crippen LogP contribution is 2.27. The van der Waals surface area contributed by atoms with Crippen LogP contribution >= 0.6 is 23.7 Å². The van der Waals surface area contributed by atoms with Crippen LogP contribution in [0.25, 0.3) is 22.3 Å². The van der Waals surface area contributed by atoms with E-state index in [-0.39, 0.29) is 12.4 Å². The molecule has 7 heteroatoms. The van der Waals surface area contributed by atoms with Gasteiger partial charge in [-0.3, -0.25) is 4.98 Å². The van der Waals surface area contributed by atoms with Crippen LogP contribution in [0.3, 0.4) is 0 Å². The summed E-state index contributed by atoms with van der Waals surface area (Å²) in [6.07, 6.45) is 5.26. The summed E-state index contributed by atoms with van der Waals surface area (Å²) in [7, 11) is 0. The topological polar surface area (TPSA) is 63.6 Å². The minimum Gasteiger partial charge on any atom is -0.316 e. The molecular weight excluding hydrogens is 330 g/mol. The standard InChI is InChI=1S/C16H11N5S.ClH/c1-2-6-13-12(5-1)15(21-16-18-8-9-22-16)20-14(19-13)11-4-3-7-17-10-11;/h1-10H,(H,18,19,20,21);1H. The minimum absolute atomic E-state index is 0. The second-order valence-corrected chi connectivity index (χ2v) is 5.51. The van der Waals surface area contributed by atoms with Gasteiger partial charge in [-0.15, -0.1) is 23.7 Å². The Morgan fingerprint density at radius 2 is 1.87 bits per heavy atom. The smallest absolute Gasteiger partial charge is 0.188 e. The predicted octanol–water partition coefficient (Wildman–Crippen LogP) is 4.31. The van der Waals surface area contributed by atoms with Crippen molar-refractivity contribution in [3.05, 3.63) is 60.4 Å². The summed E-state index contributed by atoms with van der Waals surface area (Å²) >= 11 is 1.53. The van der Waals surface area contributed by atoms with Crippen molar-refractivity contribution in [3.63, 3.8) is 0 Å². The average molecular weight is 342 g/mol. The lowest BCUT2D eigenvalue weighted by molar-refractivity contribution is 1.20. The molecule has 1 N–H and O–H groups in total. The number of anilines is 2. The largest absolute Gasteiger partial charge is 0.316 e. The molecule has 23 heavy (non-hydrogen) atoms. The Morgan fingerprint density at radius 3 is 2.65 bits per heavy atom. The molecular formula is C16H12ClN5S. The molecule has 3 heterocycles. The normalized spacial score (nSPS) is 10.3. The lowest BCUT2D eigenvalue weighted by Gasteiger charge is -2.09. The number of hydrogen-bond acceptors (Lipinski definition) is 6. The Morgan fingerprint density at radius 1 is 0.957 bits per heavy atom. The molecule has 0 radical (unpaired) electrons. The van der Waals surface area contributed by atoms with Crippen molar-refractivity contribution in [2.45, 2.75) is 0 Å². The number of pyridine rings is 1. The Labute approximate surface area is 142 Å². The molecule has 0 spiro atoms. The van der Waals surface area contributed by atoms with E-state index in [1.54, 1.807) is 18.6 Å². The molecule has 0 atom stereocenters. The molecule has 4 rings (SSSR count). The summed E-state index contributed by atoms with van der Waals surface area (Å²) in [6, 6.07) is 11.7. The van der Waals surface area contributed by atoms with Gasteiger partial charge in [0.05, 0.1) is 5.52 Å². The number of nitrogens with one attached hydrogen (secondary N) is 1. The number of benzene rings is 1. The maximum absolute atomic E-state index is 4.65. The van der Waals surface area contributed by atoms with Crippen molar-refractivity contribution in [1.29, 1.82) is 0 Å². The predicted molar refractivity (Wildman–Crippen MR) is 95.4 cm³/mol. The highest BCUT2D eigenvalue weighted by Gasteiger charge is 2.10. The van der Waals surface area contributed by atoms with E-state index >= 15 is 0 Å². The van der Waals surface area contributed by atoms with Crippen molar-refractivity contribution < 1.29 is 0 Å². The van der Waals surface area contributed by atoms with Crippen LogP contribution < -0.4 is 5.32 Å². The number of fused-ring (bicyclic) bond motifs is 1. The van der Waals surface area contributed by atoms with E-state index in [9.17, 15) is 0 Å². The Bertz CT molecular complexity index is 912. The lowest BCUT2D eigenvalue weighted by atomic mass is 10.2. The SMILES string of the molecule is Cl.c1cncc(-c2nc(Nc3nccs3)c3ccccc3n2)c1. The molecule has 114 valence electrons. The Balaban J connectivity index is 0.00000156. The average Bonchev–Trinajstić information content (AvgIpc) is 3.09. The number of thiazole rings is 1. The van der Waals surface area contributed by atoms with Gasteiger partial charge in [-0.25, -0.2) is 15.0 Å². The van der Waals surface area contributed by atoms with Crippen LogP contribution in [-0.4, -0.2) is 19.9 Å². The van der Waals surface area contributed by atoms with Gasteiger partial charge < -0.3 is 5.32 Å². The number of hydrogen-bond donors (Lipinski definition) is 1. The van der Waals surface area contributed by atoms with Crippen molar-refractivity contribution >= 4 is 45.6 Å². The Kier molecular flexibility index (Phi) is 4.45. The molecule has 0 saturated carbocycles. The lowest BCUT2D eigenvalue weighted by Crippen LogP contribution is -1.99. The zero-order valence-electron chi connectivity index (χ0n) is 11.9. The first kappa shape index (κ1) is 15.3. The van der Waals surface area contributed by atoms with E-state index in [2.05, 4.69) is 25.3 Å². The molecule has 4 aromatic rings. The second-order valence-electron chi connectivity index (χ2n) is 4.62. The zero-order chi connectivity index (χ0) is 14.8. The maximum atomic E-state index is 4.65. The molecule has 1 aromatic carbocycles. The monoisotopic (exact) mass is 341 g/mol. The molecule has 5 nitrogen and oxygen atoms in total. The van der Waals surface area contributed by atoms with Crippen LogP contribution in [0.15, 0.2) is 60.4 Å². The van der Waals surface area contributed by atoms with Crippen molar-refractivity contribution in [3.8, 4) is 11.4 Å². The first-order valence-electron chi connectivity index (χ1n) is 6.74. The van der Waals surface area contributed by atoms with Gasteiger partial charge in [0.1, 0.15) is 5.82 Å². The van der Waals surface area contributed by atoms with Gasteiger partial charge in [0.2, 0.25) is 0 Å². The maximum Gasteiger partial charge on any atom is 0.188 e. The van der Waals surface area contributed by atoms with E-state index in [0.29, 0.717) is 5.82 Å². The van der Waals surface area contributed by atoms with E-state index in [4.69, 9.17) is 0 Å². The summed E-state index contributed by atoms with van der Waals surface area (Å²) in [6.45, 7) is 0. The molecule has 3 aromatic heterocycles. The molecule has 0 unspecified atom stereocenters. The number of nitrogens with zero attached hydrogens (tertiary/aromatic N) is 4. The number of aromatic nitrogens is 4. The van der Waals surface area contributed by atoms with Crippen molar-refractivity contribution in [2.75, 3.05) is 5.32 Å². The van der Waals surface area contributed by atoms with Gasteiger partial charge in [0, 0.05) is 34.9 Å². The van der Waals surface area contributed by atoms with E-state index in [1.807, 2.05) is 41.8 Å². The van der Waals surface area contributed by atoms with Crippen LogP contribution in [0.2, 0.25) is 0 Å². The number of para-hydroxylation sites is 1. The minimum atomic E-state index is 0. The summed E-state index contributed by atoms with van der Waals surface area (Å²) < 4.78 is 0. The third kappa shape index (κ3) is 3.13. The zero-order valence-corrected chi connectivity index (χ0v) is 13.5. The van der Waals surface area contributed by atoms with E-state index in [1.165, 1.54) is 11.3 Å². The molecule has 0 aliphatic carbocycles. The highest BCUT2D eigenvalue weighted by molar-refractivity contribution is 7.13. The van der Waals surface area contributed by atoms with Crippen LogP contribution in [-0.2, 0) is 0 Å². The summed E-state index contributed by atoms with van der Waals surface area (Å²) in [5.41, 5.74) is 1.77. The van der Waals surface area contributed by atoms with Crippen molar-refractivity contribution in [1.82, 2.24) is 19.9 Å². The third-order valence-corrected chi connectivity index (χ3v) is 3.87. The van der Waals surface area contributed by atoms with Crippen molar-refractivity contribution in [2.24, 2.45) is 0 Å². The first-order valence-corrected chi connectivity index (χ1v) is 7.62. The number of halogens is 1. The molecule has 0 fully saturated rings. The summed E-state index contributed by atoms with van der Waals surface area (Å²) in [5.74, 6) is 1.39. The van der Waals surface area contributed by atoms with E-state index in [0.717, 1.165) is 27.4 Å². The van der Waals surface area contributed by atoms with Crippen LogP contribution in [0.4, 0.5) is 10.9 Å². The van der Waals surface area contributed by atoms with Crippen LogP contribution in [0, 0.1) is 0 Å². The Hall–Kier alpha value is -2.57. The second kappa shape index (κ2) is 6.68. The molecule has 0 aliphatic rings. The van der Waals surface area contributed by atoms with Gasteiger partial charge in [0.15, 0.2) is 11.0 Å². The molecule has 0 saturated heterocycles. The van der Waals surface area contributed by atoms with Gasteiger partial charge >= 0.3 is 0 Å². The fourth-order valence-corrected chi connectivity index (χ4v) is 2.71. The van der Waals surface area contributed by atoms with Gasteiger partial charge in [-0.2, -0.15) is 0 Å². The third-order valence-electron chi connectivity index (χ3n) is 3.18. The summed E-state index contributed by atoms with van der Waals surface area (Å²) in [5, 5.41) is 6.97. The van der Waals surface area contributed by atoms with Gasteiger partial charge in [-0.1, -0.05) is 12.1 Å². The van der Waals surface area contributed by atoms with E-state index < -0.39 is 0 Å². The fourth-order valence-electron chi connectivity index (χ4n) is 2.18. The van der Waals surface area contributed by atoms with Crippen LogP contribution in [0.1, 0.15) is 0 Å². The molecule has 0 bridgehead atoms. The fraction of sp³-hybridized carbons (Fsp3) is 0. The first-order chi connectivity index (χ1) is 10.9. The highest BCUT2D eigenvalue weighted by atomic mass is 35.5.